The number of carbonyl (C=O) groups is 1. The first-order valence-corrected chi connectivity index (χ1v) is 6.10. The molecule has 4 heteroatoms. The van der Waals surface area contributed by atoms with Gasteiger partial charge in [-0.15, -0.1) is 0 Å². The molecule has 1 aliphatic rings. The van der Waals surface area contributed by atoms with E-state index in [4.69, 9.17) is 5.26 Å². The summed E-state index contributed by atoms with van der Waals surface area (Å²) >= 11 is 0. The van der Waals surface area contributed by atoms with E-state index in [-0.39, 0.29) is 11.8 Å². The Morgan fingerprint density at radius 2 is 2.28 bits per heavy atom. The average Bonchev–Trinajstić information content (AvgIpc) is 2.38. The Hall–Kier alpha value is -1.89. The van der Waals surface area contributed by atoms with Crippen molar-refractivity contribution < 1.29 is 9.18 Å². The van der Waals surface area contributed by atoms with E-state index in [9.17, 15) is 9.18 Å². The van der Waals surface area contributed by atoms with Gasteiger partial charge in [0.25, 0.3) is 0 Å². The molecule has 0 radical (unpaired) electrons. The Bertz CT molecular complexity index is 507. The van der Waals surface area contributed by atoms with Gasteiger partial charge in [-0.2, -0.15) is 5.26 Å². The monoisotopic (exact) mass is 246 g/mol. The molecule has 0 aromatic heterocycles. The van der Waals surface area contributed by atoms with E-state index in [1.165, 1.54) is 12.1 Å². The van der Waals surface area contributed by atoms with Gasteiger partial charge in [-0.25, -0.2) is 4.39 Å². The molecule has 1 atom stereocenters. The second kappa shape index (κ2) is 5.18. The highest BCUT2D eigenvalue weighted by Gasteiger charge is 2.27. The quantitative estimate of drug-likeness (QED) is 0.805. The van der Waals surface area contributed by atoms with Crippen LogP contribution >= 0.6 is 0 Å². The molecule has 1 fully saturated rings. The minimum atomic E-state index is -0.424. The van der Waals surface area contributed by atoms with E-state index in [2.05, 4.69) is 0 Å². The van der Waals surface area contributed by atoms with E-state index in [1.807, 2.05) is 11.0 Å². The maximum Gasteiger partial charge on any atom is 0.152 e. The molecule has 0 N–H and O–H groups in total. The molecule has 1 heterocycles. The summed E-state index contributed by atoms with van der Waals surface area (Å²) in [7, 11) is 0. The fourth-order valence-corrected chi connectivity index (χ4v) is 2.49. The Kier molecular flexibility index (Phi) is 3.61. The van der Waals surface area contributed by atoms with Crippen molar-refractivity contribution in [3.63, 3.8) is 0 Å². The maximum absolute atomic E-state index is 13.1. The van der Waals surface area contributed by atoms with Gasteiger partial charge in [0.15, 0.2) is 5.78 Å². The van der Waals surface area contributed by atoms with Gasteiger partial charge in [0.1, 0.15) is 11.9 Å². The number of hydrogen-bond acceptors (Lipinski definition) is 3. The van der Waals surface area contributed by atoms with Crippen LogP contribution in [0.2, 0.25) is 0 Å². The minimum absolute atomic E-state index is 0.0999. The molecule has 94 valence electrons. The number of carbonyl (C=O) groups excluding carboxylic acids is 1. The zero-order valence-corrected chi connectivity index (χ0v) is 10.3. The lowest BCUT2D eigenvalue weighted by Gasteiger charge is -2.36. The number of benzene rings is 1. The van der Waals surface area contributed by atoms with Crippen molar-refractivity contribution in [2.75, 3.05) is 11.4 Å². The molecule has 0 amide bonds. The topological polar surface area (TPSA) is 44.1 Å². The largest absolute Gasteiger partial charge is 0.360 e. The van der Waals surface area contributed by atoms with Gasteiger partial charge >= 0.3 is 0 Å². The number of rotatable bonds is 2. The summed E-state index contributed by atoms with van der Waals surface area (Å²) in [4.78, 5) is 13.6. The molecule has 1 saturated heterocycles. The zero-order chi connectivity index (χ0) is 13.1. The van der Waals surface area contributed by atoms with Crippen LogP contribution in [0, 0.1) is 17.1 Å². The second-order valence-corrected chi connectivity index (χ2v) is 4.59. The third-order valence-corrected chi connectivity index (χ3v) is 3.36. The third kappa shape index (κ3) is 2.35. The fourth-order valence-electron chi connectivity index (χ4n) is 2.49. The molecule has 0 bridgehead atoms. The normalized spacial score (nSPS) is 19.4. The molecule has 0 aliphatic carbocycles. The predicted octanol–water partition coefficient (Wildman–Crippen LogP) is 2.65. The van der Waals surface area contributed by atoms with Crippen LogP contribution < -0.4 is 4.90 Å². The summed E-state index contributed by atoms with van der Waals surface area (Å²) in [6.45, 7) is 2.31. The van der Waals surface area contributed by atoms with E-state index < -0.39 is 5.82 Å². The van der Waals surface area contributed by atoms with Crippen molar-refractivity contribution in [3.05, 3.63) is 29.6 Å². The molecule has 2 rings (SSSR count). The van der Waals surface area contributed by atoms with Crippen LogP contribution in [0.25, 0.3) is 0 Å². The van der Waals surface area contributed by atoms with Gasteiger partial charge in [0, 0.05) is 6.54 Å². The lowest BCUT2D eigenvalue weighted by Crippen LogP contribution is -2.44. The van der Waals surface area contributed by atoms with Crippen LogP contribution in [0.1, 0.15) is 31.7 Å². The predicted molar refractivity (Wildman–Crippen MR) is 66.8 cm³/mol. The van der Waals surface area contributed by atoms with Crippen molar-refractivity contribution in [2.45, 2.75) is 32.2 Å². The number of nitrogens with zero attached hydrogens (tertiary/aromatic N) is 2. The first-order chi connectivity index (χ1) is 8.63. The molecule has 1 unspecified atom stereocenters. The summed E-state index contributed by atoms with van der Waals surface area (Å²) in [5.41, 5.74) is 0.960. The lowest BCUT2D eigenvalue weighted by atomic mass is 9.97. The summed E-state index contributed by atoms with van der Waals surface area (Å²) < 4.78 is 13.1. The molecule has 3 nitrogen and oxygen atoms in total. The summed E-state index contributed by atoms with van der Waals surface area (Å²) in [6, 6.07) is 5.97. The van der Waals surface area contributed by atoms with Crippen LogP contribution in [0.4, 0.5) is 10.1 Å². The van der Waals surface area contributed by atoms with E-state index in [0.717, 1.165) is 25.8 Å². The number of hydrogen-bond donors (Lipinski definition) is 0. The van der Waals surface area contributed by atoms with Gasteiger partial charge < -0.3 is 4.90 Å². The lowest BCUT2D eigenvalue weighted by molar-refractivity contribution is -0.118. The summed E-state index contributed by atoms with van der Waals surface area (Å²) in [5, 5.41) is 9.07. The second-order valence-electron chi connectivity index (χ2n) is 4.59. The molecule has 1 aromatic carbocycles. The highest BCUT2D eigenvalue weighted by atomic mass is 19.1. The smallest absolute Gasteiger partial charge is 0.152 e. The Morgan fingerprint density at radius 1 is 1.50 bits per heavy atom. The highest BCUT2D eigenvalue weighted by molar-refractivity contribution is 5.85. The van der Waals surface area contributed by atoms with E-state index in [0.29, 0.717) is 11.3 Å². The number of anilines is 1. The van der Waals surface area contributed by atoms with Gasteiger partial charge in [-0.05, 0) is 44.4 Å². The van der Waals surface area contributed by atoms with Gasteiger partial charge in [-0.3, -0.25) is 4.79 Å². The third-order valence-electron chi connectivity index (χ3n) is 3.36. The van der Waals surface area contributed by atoms with Crippen molar-refractivity contribution >= 4 is 11.5 Å². The van der Waals surface area contributed by atoms with Crippen molar-refractivity contribution in [2.24, 2.45) is 0 Å². The van der Waals surface area contributed by atoms with Crippen molar-refractivity contribution in [3.8, 4) is 6.07 Å². The fraction of sp³-hybridized carbons (Fsp3) is 0.429. The van der Waals surface area contributed by atoms with Crippen LogP contribution in [-0.2, 0) is 4.79 Å². The van der Waals surface area contributed by atoms with Gasteiger partial charge in [0.05, 0.1) is 17.3 Å². The number of Topliss-reactive ketones (excluding diaryl/α,β-unsaturated/α-hetero) is 1. The van der Waals surface area contributed by atoms with Gasteiger partial charge in [-0.1, -0.05) is 0 Å². The molecule has 18 heavy (non-hydrogen) atoms. The van der Waals surface area contributed by atoms with Crippen LogP contribution in [-0.4, -0.2) is 18.4 Å². The molecule has 0 saturated carbocycles. The standard InChI is InChI=1S/C14H15FN2O/c1-10(18)13-4-2-3-7-17(13)14-6-5-12(15)8-11(14)9-16/h5-6,8,13H,2-4,7H2,1H3. The number of ketones is 1. The van der Waals surface area contributed by atoms with Crippen LogP contribution in [0.3, 0.4) is 0 Å². The number of halogens is 1. The van der Waals surface area contributed by atoms with E-state index >= 15 is 0 Å². The van der Waals surface area contributed by atoms with Crippen LogP contribution in [0.5, 0.6) is 0 Å². The molecule has 0 spiro atoms. The summed E-state index contributed by atoms with van der Waals surface area (Å²) in [6.07, 6.45) is 2.81. The first kappa shape index (κ1) is 12.6. The minimum Gasteiger partial charge on any atom is -0.360 e. The van der Waals surface area contributed by atoms with Crippen molar-refractivity contribution in [1.29, 1.82) is 5.26 Å². The van der Waals surface area contributed by atoms with Crippen molar-refractivity contribution in [1.82, 2.24) is 0 Å². The molecular weight excluding hydrogens is 231 g/mol. The Balaban J connectivity index is 2.40. The first-order valence-electron chi connectivity index (χ1n) is 6.10. The molecule has 1 aromatic rings. The average molecular weight is 246 g/mol. The van der Waals surface area contributed by atoms with Crippen LogP contribution in [0.15, 0.2) is 18.2 Å². The number of nitriles is 1. The zero-order valence-electron chi connectivity index (χ0n) is 10.3. The highest BCUT2D eigenvalue weighted by Crippen LogP contribution is 2.28. The van der Waals surface area contributed by atoms with Gasteiger partial charge in [0.2, 0.25) is 0 Å². The van der Waals surface area contributed by atoms with E-state index in [1.54, 1.807) is 13.0 Å². The number of piperidine rings is 1. The molecular formula is C14H15FN2O. The maximum atomic E-state index is 13.1. The Morgan fingerprint density at radius 3 is 2.94 bits per heavy atom. The summed E-state index contributed by atoms with van der Waals surface area (Å²) in [5.74, 6) is -0.324. The molecule has 1 aliphatic heterocycles. The SMILES string of the molecule is CC(=O)C1CCCCN1c1ccc(F)cc1C#N. The Labute approximate surface area is 106 Å².